The molecule has 2 nitrogen and oxygen atoms in total. The quantitative estimate of drug-likeness (QED) is 0.248. The number of rotatable bonds is 16. The van der Waals surface area contributed by atoms with E-state index < -0.39 is 0 Å². The third kappa shape index (κ3) is 10.6. The highest BCUT2D eigenvalue weighted by Crippen LogP contribution is 2.37. The van der Waals surface area contributed by atoms with E-state index in [1.807, 2.05) is 0 Å². The summed E-state index contributed by atoms with van der Waals surface area (Å²) in [5, 5.41) is 9.81. The van der Waals surface area contributed by atoms with Crippen LogP contribution in [0.4, 0.5) is 0 Å². The highest BCUT2D eigenvalue weighted by Gasteiger charge is 2.27. The third-order valence-corrected chi connectivity index (χ3v) is 7.24. The van der Waals surface area contributed by atoms with E-state index in [-0.39, 0.29) is 5.92 Å². The molecule has 2 rings (SSSR count). The first-order valence-corrected chi connectivity index (χ1v) is 13.4. The van der Waals surface area contributed by atoms with Crippen molar-refractivity contribution in [1.82, 2.24) is 0 Å². The summed E-state index contributed by atoms with van der Waals surface area (Å²) in [5.41, 5.74) is 1.28. The van der Waals surface area contributed by atoms with E-state index >= 15 is 0 Å². The minimum absolute atomic E-state index is 0.163. The molecule has 1 aromatic rings. The molecular formula is C29H47NO. The zero-order chi connectivity index (χ0) is 22.2. The molecule has 31 heavy (non-hydrogen) atoms. The van der Waals surface area contributed by atoms with Crippen LogP contribution >= 0.6 is 0 Å². The van der Waals surface area contributed by atoms with Crippen LogP contribution in [0.2, 0.25) is 0 Å². The fraction of sp³-hybridized carbons (Fsp3) is 0.759. The smallest absolute Gasteiger partial charge is 0.119 e. The summed E-state index contributed by atoms with van der Waals surface area (Å²) in [6.07, 6.45) is 20.7. The molecule has 0 aliphatic heterocycles. The van der Waals surface area contributed by atoms with Gasteiger partial charge in [-0.3, -0.25) is 0 Å². The van der Waals surface area contributed by atoms with Crippen LogP contribution in [0.5, 0.6) is 5.75 Å². The summed E-state index contributed by atoms with van der Waals surface area (Å²) < 4.78 is 5.89. The molecule has 0 N–H and O–H groups in total. The lowest BCUT2D eigenvalue weighted by molar-refractivity contribution is 0.220. The Labute approximate surface area is 192 Å². The van der Waals surface area contributed by atoms with Gasteiger partial charge in [-0.1, -0.05) is 103 Å². The van der Waals surface area contributed by atoms with Crippen LogP contribution in [-0.2, 0) is 6.42 Å². The third-order valence-electron chi connectivity index (χ3n) is 7.24. The van der Waals surface area contributed by atoms with Crippen LogP contribution in [0.25, 0.3) is 0 Å². The Kier molecular flexibility index (Phi) is 13.5. The van der Waals surface area contributed by atoms with Crippen molar-refractivity contribution in [3.63, 3.8) is 0 Å². The normalized spacial score (nSPS) is 19.6. The van der Waals surface area contributed by atoms with E-state index in [0.29, 0.717) is 5.92 Å². The second-order valence-corrected chi connectivity index (χ2v) is 9.83. The van der Waals surface area contributed by atoms with Crippen molar-refractivity contribution in [2.45, 2.75) is 117 Å². The number of hydrogen-bond donors (Lipinski definition) is 0. The maximum Gasteiger partial charge on any atom is 0.119 e. The van der Waals surface area contributed by atoms with E-state index in [2.05, 4.69) is 44.2 Å². The number of nitriles is 1. The zero-order valence-corrected chi connectivity index (χ0v) is 20.4. The molecule has 0 aromatic heterocycles. The van der Waals surface area contributed by atoms with Crippen molar-refractivity contribution in [2.24, 2.45) is 17.8 Å². The molecule has 1 atom stereocenters. The van der Waals surface area contributed by atoms with Gasteiger partial charge in [0.25, 0.3) is 0 Å². The largest absolute Gasteiger partial charge is 0.494 e. The fourth-order valence-electron chi connectivity index (χ4n) is 5.10. The summed E-state index contributed by atoms with van der Waals surface area (Å²) in [6, 6.07) is 11.2. The Morgan fingerprint density at radius 2 is 1.45 bits per heavy atom. The van der Waals surface area contributed by atoms with Crippen LogP contribution < -0.4 is 4.74 Å². The lowest BCUT2D eigenvalue weighted by Crippen LogP contribution is -2.22. The molecule has 0 heterocycles. The van der Waals surface area contributed by atoms with Gasteiger partial charge in [0, 0.05) is 0 Å². The topological polar surface area (TPSA) is 33.0 Å². The summed E-state index contributed by atoms with van der Waals surface area (Å²) >= 11 is 0. The standard InChI is InChI=1S/C29H47NO/c1-3-5-7-9-11-13-25-14-18-27(19-15-25)28(24-30)23-26-16-20-29(21-17-26)31-22-12-10-8-6-4-2/h16-17,20-21,25,27-28H,3-15,18-19,22-23H2,1-2H3/t25-,27-,28?. The Morgan fingerprint density at radius 3 is 2.06 bits per heavy atom. The predicted octanol–water partition coefficient (Wildman–Crippen LogP) is 8.88. The van der Waals surface area contributed by atoms with E-state index in [9.17, 15) is 5.26 Å². The van der Waals surface area contributed by atoms with Crippen LogP contribution in [0.3, 0.4) is 0 Å². The van der Waals surface area contributed by atoms with Crippen molar-refractivity contribution >= 4 is 0 Å². The molecule has 0 saturated heterocycles. The van der Waals surface area contributed by atoms with E-state index in [1.165, 1.54) is 95.5 Å². The Morgan fingerprint density at radius 1 is 0.839 bits per heavy atom. The average molecular weight is 426 g/mol. The van der Waals surface area contributed by atoms with Crippen molar-refractivity contribution in [1.29, 1.82) is 5.26 Å². The van der Waals surface area contributed by atoms with Gasteiger partial charge in [-0.25, -0.2) is 0 Å². The molecule has 0 amide bonds. The lowest BCUT2D eigenvalue weighted by Gasteiger charge is -2.31. The van der Waals surface area contributed by atoms with E-state index in [1.54, 1.807) is 0 Å². The average Bonchev–Trinajstić information content (AvgIpc) is 2.81. The molecule has 1 fully saturated rings. The minimum atomic E-state index is 0.163. The van der Waals surface area contributed by atoms with Gasteiger partial charge in [0.15, 0.2) is 0 Å². The molecule has 174 valence electrons. The first-order valence-electron chi connectivity index (χ1n) is 13.4. The SMILES string of the molecule is CCCCCCCOc1ccc(CC(C#N)[C@H]2CC[C@H](CCCCCCC)CC2)cc1. The number of unbranched alkanes of at least 4 members (excludes halogenated alkanes) is 8. The molecule has 2 heteroatoms. The fourth-order valence-corrected chi connectivity index (χ4v) is 5.10. The van der Waals surface area contributed by atoms with Gasteiger partial charge in [-0.05, 0) is 55.2 Å². The maximum atomic E-state index is 9.81. The Hall–Kier alpha value is -1.49. The zero-order valence-electron chi connectivity index (χ0n) is 20.4. The summed E-state index contributed by atoms with van der Waals surface area (Å²) in [4.78, 5) is 0. The molecule has 1 aromatic carbocycles. The molecule has 0 radical (unpaired) electrons. The van der Waals surface area contributed by atoms with Crippen molar-refractivity contribution in [3.05, 3.63) is 29.8 Å². The van der Waals surface area contributed by atoms with E-state index in [4.69, 9.17) is 4.74 Å². The van der Waals surface area contributed by atoms with E-state index in [0.717, 1.165) is 31.1 Å². The number of ether oxygens (including phenoxy) is 1. The number of nitrogens with zero attached hydrogens (tertiary/aromatic N) is 1. The lowest BCUT2D eigenvalue weighted by atomic mass is 9.73. The Balaban J connectivity index is 1.66. The van der Waals surface area contributed by atoms with Crippen LogP contribution in [-0.4, -0.2) is 6.61 Å². The Bertz CT molecular complexity index is 594. The van der Waals surface area contributed by atoms with Crippen molar-refractivity contribution in [2.75, 3.05) is 6.61 Å². The van der Waals surface area contributed by atoms with Crippen LogP contribution in [0.1, 0.15) is 116 Å². The minimum Gasteiger partial charge on any atom is -0.494 e. The molecule has 1 aliphatic rings. The van der Waals surface area contributed by atoms with Gasteiger partial charge >= 0.3 is 0 Å². The summed E-state index contributed by atoms with van der Waals surface area (Å²) in [5.74, 6) is 2.62. The monoisotopic (exact) mass is 425 g/mol. The highest BCUT2D eigenvalue weighted by molar-refractivity contribution is 5.28. The van der Waals surface area contributed by atoms with Gasteiger partial charge in [0.2, 0.25) is 0 Å². The molecule has 1 unspecified atom stereocenters. The highest BCUT2D eigenvalue weighted by atomic mass is 16.5. The van der Waals surface area contributed by atoms with Gasteiger partial charge in [-0.15, -0.1) is 0 Å². The second kappa shape index (κ2) is 16.2. The molecular weight excluding hydrogens is 378 g/mol. The number of benzene rings is 1. The number of hydrogen-bond acceptors (Lipinski definition) is 2. The second-order valence-electron chi connectivity index (χ2n) is 9.83. The summed E-state index contributed by atoms with van der Waals surface area (Å²) in [6.45, 7) is 5.34. The molecule has 0 spiro atoms. The van der Waals surface area contributed by atoms with Crippen molar-refractivity contribution < 1.29 is 4.74 Å². The van der Waals surface area contributed by atoms with Gasteiger partial charge in [0.05, 0.1) is 18.6 Å². The molecule has 0 bridgehead atoms. The molecule has 1 saturated carbocycles. The van der Waals surface area contributed by atoms with Gasteiger partial charge < -0.3 is 4.74 Å². The predicted molar refractivity (Wildman–Crippen MR) is 132 cm³/mol. The van der Waals surface area contributed by atoms with Gasteiger partial charge in [0.1, 0.15) is 5.75 Å². The van der Waals surface area contributed by atoms with Crippen LogP contribution in [0, 0.1) is 29.1 Å². The van der Waals surface area contributed by atoms with Crippen molar-refractivity contribution in [3.8, 4) is 11.8 Å². The first kappa shape index (κ1) is 25.8. The van der Waals surface area contributed by atoms with Crippen LogP contribution in [0.15, 0.2) is 24.3 Å². The summed E-state index contributed by atoms with van der Waals surface area (Å²) in [7, 11) is 0. The van der Waals surface area contributed by atoms with Gasteiger partial charge in [-0.2, -0.15) is 5.26 Å². The maximum absolute atomic E-state index is 9.81. The first-order chi connectivity index (χ1) is 15.3. The molecule has 1 aliphatic carbocycles.